The second-order valence-electron chi connectivity index (χ2n) is 7.64. The summed E-state index contributed by atoms with van der Waals surface area (Å²) in [6.45, 7) is 2.45. The Hall–Kier alpha value is -2.98. The molecule has 0 saturated carbocycles. The van der Waals surface area contributed by atoms with Crippen LogP contribution in [0.25, 0.3) is 16.6 Å². The van der Waals surface area contributed by atoms with Crippen LogP contribution >= 0.6 is 15.9 Å². The van der Waals surface area contributed by atoms with Gasteiger partial charge in [-0.1, -0.05) is 15.9 Å². The Kier molecular flexibility index (Phi) is 4.90. The molecule has 4 aromatic rings. The molecule has 160 valence electrons. The van der Waals surface area contributed by atoms with Gasteiger partial charge >= 0.3 is 0 Å². The number of halogens is 2. The number of anilines is 2. The number of benzene rings is 1. The summed E-state index contributed by atoms with van der Waals surface area (Å²) < 4.78 is 24.6. The summed E-state index contributed by atoms with van der Waals surface area (Å²) in [6, 6.07) is 4.89. The van der Waals surface area contributed by atoms with Crippen LogP contribution in [-0.2, 0) is 4.74 Å². The lowest BCUT2D eigenvalue weighted by Crippen LogP contribution is -2.19. The van der Waals surface area contributed by atoms with E-state index in [4.69, 9.17) is 15.6 Å². The van der Waals surface area contributed by atoms with Crippen molar-refractivity contribution >= 4 is 49.9 Å². The Morgan fingerprint density at radius 3 is 2.90 bits per heavy atom. The standard InChI is InChI=1S/C21H20BrFN6O2/c1-11-9-28-10-13(8-15(23)21(28)25-11)26-20-18-14(19(24)30)6-12(22)7-16(18)29(27-20)17-4-2-3-5-31-17/h6-10,17H,2-5H2,1H3,(H2,24,30)(H,26,27). The fourth-order valence-electron chi connectivity index (χ4n) is 4.04. The third kappa shape index (κ3) is 3.55. The van der Waals surface area contributed by atoms with E-state index in [0.717, 1.165) is 19.3 Å². The fourth-order valence-corrected chi connectivity index (χ4v) is 4.48. The number of hydrogen-bond donors (Lipinski definition) is 2. The highest BCUT2D eigenvalue weighted by molar-refractivity contribution is 9.10. The predicted octanol–water partition coefficient (Wildman–Crippen LogP) is 4.44. The van der Waals surface area contributed by atoms with Gasteiger partial charge in [0.15, 0.2) is 23.5 Å². The number of rotatable bonds is 4. The highest BCUT2D eigenvalue weighted by atomic mass is 79.9. The Morgan fingerprint density at radius 1 is 1.32 bits per heavy atom. The van der Waals surface area contributed by atoms with Gasteiger partial charge in [0.1, 0.15) is 0 Å². The topological polar surface area (TPSA) is 99.5 Å². The van der Waals surface area contributed by atoms with Crippen LogP contribution in [-0.4, -0.2) is 31.7 Å². The molecule has 1 saturated heterocycles. The van der Waals surface area contributed by atoms with E-state index in [1.165, 1.54) is 6.07 Å². The first kappa shape index (κ1) is 20.0. The maximum atomic E-state index is 14.6. The normalized spacial score (nSPS) is 16.8. The first-order valence-electron chi connectivity index (χ1n) is 9.96. The largest absolute Gasteiger partial charge is 0.366 e. The predicted molar refractivity (Wildman–Crippen MR) is 118 cm³/mol. The molecule has 5 rings (SSSR count). The van der Waals surface area contributed by atoms with E-state index in [2.05, 4.69) is 26.2 Å². The number of aryl methyl sites for hydroxylation is 1. The average molecular weight is 487 g/mol. The van der Waals surface area contributed by atoms with Crippen LogP contribution in [0.5, 0.6) is 0 Å². The Bertz CT molecular complexity index is 1320. The minimum atomic E-state index is -0.578. The molecule has 1 aliphatic rings. The van der Waals surface area contributed by atoms with Crippen molar-refractivity contribution in [1.82, 2.24) is 19.2 Å². The number of pyridine rings is 1. The van der Waals surface area contributed by atoms with Crippen LogP contribution < -0.4 is 11.1 Å². The van der Waals surface area contributed by atoms with Crippen LogP contribution in [0.15, 0.2) is 35.1 Å². The summed E-state index contributed by atoms with van der Waals surface area (Å²) in [6.07, 6.45) is 6.04. The monoisotopic (exact) mass is 486 g/mol. The van der Waals surface area contributed by atoms with Gasteiger partial charge in [0.25, 0.3) is 0 Å². The van der Waals surface area contributed by atoms with Crippen molar-refractivity contribution in [2.75, 3.05) is 11.9 Å². The number of primary amides is 1. The number of ether oxygens (including phenoxy) is 1. The van der Waals surface area contributed by atoms with Crippen LogP contribution in [0, 0.1) is 12.7 Å². The minimum Gasteiger partial charge on any atom is -0.366 e. The van der Waals surface area contributed by atoms with Crippen molar-refractivity contribution in [2.24, 2.45) is 5.73 Å². The van der Waals surface area contributed by atoms with Crippen molar-refractivity contribution < 1.29 is 13.9 Å². The third-order valence-electron chi connectivity index (χ3n) is 5.36. The molecule has 0 radical (unpaired) electrons. The van der Waals surface area contributed by atoms with Crippen LogP contribution in [0.3, 0.4) is 0 Å². The van der Waals surface area contributed by atoms with Crippen LogP contribution in [0.2, 0.25) is 0 Å². The fraction of sp³-hybridized carbons (Fsp3) is 0.286. The molecule has 31 heavy (non-hydrogen) atoms. The smallest absolute Gasteiger partial charge is 0.249 e. The van der Waals surface area contributed by atoms with Crippen LogP contribution in [0.4, 0.5) is 15.9 Å². The van der Waals surface area contributed by atoms with Gasteiger partial charge in [-0.15, -0.1) is 0 Å². The molecule has 3 N–H and O–H groups in total. The number of carbonyl (C=O) groups is 1. The molecule has 4 heterocycles. The molecule has 1 atom stereocenters. The van der Waals surface area contributed by atoms with E-state index in [0.29, 0.717) is 44.7 Å². The van der Waals surface area contributed by atoms with Gasteiger partial charge in [0.2, 0.25) is 5.91 Å². The van der Waals surface area contributed by atoms with E-state index in [1.54, 1.807) is 34.5 Å². The zero-order valence-corrected chi connectivity index (χ0v) is 18.3. The molecule has 1 amide bonds. The van der Waals surface area contributed by atoms with Crippen molar-refractivity contribution in [1.29, 1.82) is 0 Å². The van der Waals surface area contributed by atoms with Crippen molar-refractivity contribution in [2.45, 2.75) is 32.4 Å². The second-order valence-corrected chi connectivity index (χ2v) is 8.56. The summed E-state index contributed by atoms with van der Waals surface area (Å²) in [4.78, 5) is 16.4. The Labute approximate surface area is 185 Å². The van der Waals surface area contributed by atoms with E-state index < -0.39 is 11.7 Å². The van der Waals surface area contributed by atoms with Gasteiger partial charge in [-0.25, -0.2) is 14.1 Å². The SMILES string of the molecule is Cc1cn2cc(Nc3nn(C4CCCCO4)c4cc(Br)cc(C(N)=O)c34)cc(F)c2n1. The minimum absolute atomic E-state index is 0.246. The van der Waals surface area contributed by atoms with Crippen LogP contribution in [0.1, 0.15) is 41.5 Å². The Morgan fingerprint density at radius 2 is 2.16 bits per heavy atom. The molecule has 0 spiro atoms. The molecule has 1 aliphatic heterocycles. The number of carbonyl (C=O) groups excluding carboxylic acids is 1. The quantitative estimate of drug-likeness (QED) is 0.444. The maximum Gasteiger partial charge on any atom is 0.249 e. The lowest BCUT2D eigenvalue weighted by molar-refractivity contribution is -0.0365. The maximum absolute atomic E-state index is 14.6. The van der Waals surface area contributed by atoms with Gasteiger partial charge in [-0.2, -0.15) is 5.10 Å². The van der Waals surface area contributed by atoms with Gasteiger partial charge in [0, 0.05) is 29.5 Å². The number of aromatic nitrogens is 4. The average Bonchev–Trinajstić information content (AvgIpc) is 3.28. The highest BCUT2D eigenvalue weighted by Gasteiger charge is 2.25. The van der Waals surface area contributed by atoms with Gasteiger partial charge in [-0.05, 0) is 38.3 Å². The summed E-state index contributed by atoms with van der Waals surface area (Å²) in [5.41, 5.74) is 8.12. The summed E-state index contributed by atoms with van der Waals surface area (Å²) in [7, 11) is 0. The third-order valence-corrected chi connectivity index (χ3v) is 5.81. The number of nitrogens with two attached hydrogens (primary N) is 1. The Balaban J connectivity index is 1.68. The lowest BCUT2D eigenvalue weighted by Gasteiger charge is -2.23. The summed E-state index contributed by atoms with van der Waals surface area (Å²) in [5.74, 6) is -0.637. The van der Waals surface area contributed by atoms with E-state index in [9.17, 15) is 9.18 Å². The summed E-state index contributed by atoms with van der Waals surface area (Å²) >= 11 is 3.45. The molecule has 1 unspecified atom stereocenters. The van der Waals surface area contributed by atoms with Gasteiger partial charge < -0.3 is 20.2 Å². The first-order valence-corrected chi connectivity index (χ1v) is 10.7. The number of nitrogens with one attached hydrogen (secondary N) is 1. The highest BCUT2D eigenvalue weighted by Crippen LogP contribution is 2.36. The number of fused-ring (bicyclic) bond motifs is 2. The van der Waals surface area contributed by atoms with Crippen molar-refractivity contribution in [3.8, 4) is 0 Å². The number of nitrogens with zero attached hydrogens (tertiary/aromatic N) is 4. The van der Waals surface area contributed by atoms with Gasteiger partial charge in [-0.3, -0.25) is 4.79 Å². The number of amides is 1. The molecule has 3 aromatic heterocycles. The molecular weight excluding hydrogens is 467 g/mol. The number of imidazole rings is 1. The lowest BCUT2D eigenvalue weighted by atomic mass is 10.1. The van der Waals surface area contributed by atoms with Crippen molar-refractivity contribution in [3.63, 3.8) is 0 Å². The summed E-state index contributed by atoms with van der Waals surface area (Å²) in [5, 5.41) is 8.44. The number of hydrogen-bond acceptors (Lipinski definition) is 5. The molecule has 8 nitrogen and oxygen atoms in total. The molecule has 1 fully saturated rings. The molecule has 1 aromatic carbocycles. The molecule has 0 bridgehead atoms. The second kappa shape index (κ2) is 7.61. The zero-order chi connectivity index (χ0) is 21.7. The van der Waals surface area contributed by atoms with Gasteiger partial charge in [0.05, 0.1) is 27.8 Å². The molecular formula is C21H20BrFN6O2. The van der Waals surface area contributed by atoms with E-state index in [1.807, 2.05) is 6.07 Å². The van der Waals surface area contributed by atoms with E-state index in [-0.39, 0.29) is 11.9 Å². The molecule has 0 aliphatic carbocycles. The van der Waals surface area contributed by atoms with E-state index >= 15 is 0 Å². The molecule has 10 heteroatoms. The van der Waals surface area contributed by atoms with Crippen molar-refractivity contribution in [3.05, 3.63) is 52.1 Å². The zero-order valence-electron chi connectivity index (χ0n) is 16.7. The first-order chi connectivity index (χ1) is 14.9.